The Balaban J connectivity index is 2.27. The van der Waals surface area contributed by atoms with E-state index in [1.807, 2.05) is 0 Å². The lowest BCUT2D eigenvalue weighted by Gasteiger charge is -2.07. The molecule has 1 aromatic heterocycles. The molecule has 3 N–H and O–H groups in total. The van der Waals surface area contributed by atoms with Crippen molar-refractivity contribution < 1.29 is 9.84 Å². The van der Waals surface area contributed by atoms with Crippen molar-refractivity contribution >= 4 is 17.3 Å². The second-order valence-electron chi connectivity index (χ2n) is 3.17. The van der Waals surface area contributed by atoms with E-state index in [0.717, 1.165) is 0 Å². The maximum atomic E-state index is 9.21. The molecule has 0 bridgehead atoms. The fourth-order valence-corrected chi connectivity index (χ4v) is 1.42. The highest BCUT2D eigenvalue weighted by atomic mass is 35.5. The van der Waals surface area contributed by atoms with Crippen molar-refractivity contribution in [3.63, 3.8) is 0 Å². The molecule has 82 valence electrons. The van der Waals surface area contributed by atoms with Crippen molar-refractivity contribution in [2.45, 2.75) is 0 Å². The molecule has 0 aliphatic carbocycles. The number of ether oxygens (including phenoxy) is 1. The van der Waals surface area contributed by atoms with Crippen LogP contribution >= 0.6 is 11.6 Å². The third-order valence-electron chi connectivity index (χ3n) is 1.88. The van der Waals surface area contributed by atoms with Gasteiger partial charge in [-0.25, -0.2) is 0 Å². The SMILES string of the molecule is Nc1ccc(Oc2cncc(O)c2)c(Cl)c1. The van der Waals surface area contributed by atoms with Gasteiger partial charge in [-0.3, -0.25) is 4.98 Å². The number of halogens is 1. The number of anilines is 1. The van der Waals surface area contributed by atoms with Crippen LogP contribution < -0.4 is 10.5 Å². The number of nitrogens with zero attached hydrogens (tertiary/aromatic N) is 1. The van der Waals surface area contributed by atoms with Crippen LogP contribution in [0.25, 0.3) is 0 Å². The Bertz CT molecular complexity index is 517. The fourth-order valence-electron chi connectivity index (χ4n) is 1.19. The van der Waals surface area contributed by atoms with Crippen LogP contribution in [0.5, 0.6) is 17.2 Å². The first-order valence-electron chi connectivity index (χ1n) is 4.52. The predicted molar refractivity (Wildman–Crippen MR) is 61.8 cm³/mol. The first kappa shape index (κ1) is 10.6. The summed E-state index contributed by atoms with van der Waals surface area (Å²) in [5.41, 5.74) is 6.11. The predicted octanol–water partition coefficient (Wildman–Crippen LogP) is 2.82. The third-order valence-corrected chi connectivity index (χ3v) is 2.18. The van der Waals surface area contributed by atoms with Crippen molar-refractivity contribution in [2.24, 2.45) is 0 Å². The highest BCUT2D eigenvalue weighted by Crippen LogP contribution is 2.31. The zero-order valence-corrected chi connectivity index (χ0v) is 8.98. The Morgan fingerprint density at radius 1 is 1.25 bits per heavy atom. The van der Waals surface area contributed by atoms with Gasteiger partial charge in [0.2, 0.25) is 0 Å². The zero-order valence-electron chi connectivity index (χ0n) is 8.22. The van der Waals surface area contributed by atoms with Gasteiger partial charge in [-0.2, -0.15) is 0 Å². The normalized spacial score (nSPS) is 10.1. The van der Waals surface area contributed by atoms with Gasteiger partial charge in [-0.15, -0.1) is 0 Å². The van der Waals surface area contributed by atoms with Crippen LogP contribution in [0, 0.1) is 0 Å². The maximum absolute atomic E-state index is 9.21. The van der Waals surface area contributed by atoms with Gasteiger partial charge in [0.15, 0.2) is 0 Å². The molecule has 4 nitrogen and oxygen atoms in total. The summed E-state index contributed by atoms with van der Waals surface area (Å²) in [5.74, 6) is 0.902. The number of benzene rings is 1. The molecule has 0 unspecified atom stereocenters. The number of pyridine rings is 1. The summed E-state index contributed by atoms with van der Waals surface area (Å²) in [7, 11) is 0. The van der Waals surface area contributed by atoms with Crippen LogP contribution in [0.2, 0.25) is 5.02 Å². The smallest absolute Gasteiger partial charge is 0.149 e. The number of aromatic nitrogens is 1. The summed E-state index contributed by atoms with van der Waals surface area (Å²) in [6.45, 7) is 0. The lowest BCUT2D eigenvalue weighted by molar-refractivity contribution is 0.451. The second kappa shape index (κ2) is 4.28. The molecule has 0 fully saturated rings. The van der Waals surface area contributed by atoms with E-state index in [-0.39, 0.29) is 5.75 Å². The molecule has 2 rings (SSSR count). The van der Waals surface area contributed by atoms with Gasteiger partial charge in [0.1, 0.15) is 17.2 Å². The number of aromatic hydroxyl groups is 1. The van der Waals surface area contributed by atoms with Crippen molar-refractivity contribution in [3.8, 4) is 17.2 Å². The van der Waals surface area contributed by atoms with Gasteiger partial charge in [0.05, 0.1) is 17.4 Å². The lowest BCUT2D eigenvalue weighted by atomic mass is 10.3. The molecule has 0 radical (unpaired) electrons. The lowest BCUT2D eigenvalue weighted by Crippen LogP contribution is -1.88. The van der Waals surface area contributed by atoms with Gasteiger partial charge >= 0.3 is 0 Å². The van der Waals surface area contributed by atoms with Crippen molar-refractivity contribution in [3.05, 3.63) is 41.7 Å². The number of hydrogen-bond donors (Lipinski definition) is 2. The van der Waals surface area contributed by atoms with Crippen molar-refractivity contribution in [2.75, 3.05) is 5.73 Å². The van der Waals surface area contributed by atoms with Gasteiger partial charge in [-0.1, -0.05) is 11.6 Å². The van der Waals surface area contributed by atoms with Crippen LogP contribution in [-0.4, -0.2) is 10.1 Å². The zero-order chi connectivity index (χ0) is 11.5. The summed E-state index contributed by atoms with van der Waals surface area (Å²) in [6, 6.07) is 6.37. The molecule has 0 aliphatic rings. The quantitative estimate of drug-likeness (QED) is 0.787. The Hall–Kier alpha value is -1.94. The van der Waals surface area contributed by atoms with E-state index < -0.39 is 0 Å². The van der Waals surface area contributed by atoms with Crippen molar-refractivity contribution in [1.29, 1.82) is 0 Å². The van der Waals surface area contributed by atoms with E-state index in [9.17, 15) is 5.11 Å². The summed E-state index contributed by atoms with van der Waals surface area (Å²) >= 11 is 5.93. The first-order chi connectivity index (χ1) is 7.65. The van der Waals surface area contributed by atoms with E-state index in [1.165, 1.54) is 18.5 Å². The Labute approximate surface area is 97.3 Å². The number of rotatable bonds is 2. The Morgan fingerprint density at radius 3 is 2.75 bits per heavy atom. The second-order valence-corrected chi connectivity index (χ2v) is 3.58. The molecule has 5 heteroatoms. The van der Waals surface area contributed by atoms with Gasteiger partial charge in [0, 0.05) is 11.8 Å². The summed E-state index contributed by atoms with van der Waals surface area (Å²) in [6.07, 6.45) is 2.80. The molecule has 16 heavy (non-hydrogen) atoms. The molecule has 0 saturated carbocycles. The molecule has 0 saturated heterocycles. The van der Waals surface area contributed by atoms with Crippen LogP contribution in [0.1, 0.15) is 0 Å². The van der Waals surface area contributed by atoms with Crippen LogP contribution in [0.15, 0.2) is 36.7 Å². The molecule has 2 aromatic rings. The minimum absolute atomic E-state index is 0.0315. The summed E-state index contributed by atoms with van der Waals surface area (Å²) < 4.78 is 5.43. The number of nitrogens with two attached hydrogens (primary N) is 1. The molecule has 1 heterocycles. The summed E-state index contributed by atoms with van der Waals surface area (Å²) in [5, 5.41) is 9.61. The van der Waals surface area contributed by atoms with E-state index >= 15 is 0 Å². The topological polar surface area (TPSA) is 68.4 Å². The molecule has 1 aromatic carbocycles. The highest BCUT2D eigenvalue weighted by molar-refractivity contribution is 6.32. The molecule has 0 aliphatic heterocycles. The standard InChI is InChI=1S/C11H9ClN2O2/c12-10-3-7(13)1-2-11(10)16-9-4-8(15)5-14-6-9/h1-6,15H,13H2. The van der Waals surface area contributed by atoms with Crippen molar-refractivity contribution in [1.82, 2.24) is 4.98 Å². The van der Waals surface area contributed by atoms with E-state index in [4.69, 9.17) is 22.1 Å². The van der Waals surface area contributed by atoms with Gasteiger partial charge in [-0.05, 0) is 18.2 Å². The molecular formula is C11H9ClN2O2. The molecular weight excluding hydrogens is 228 g/mol. The molecule has 0 atom stereocenters. The minimum Gasteiger partial charge on any atom is -0.506 e. The fraction of sp³-hybridized carbons (Fsp3) is 0. The molecule has 0 spiro atoms. The monoisotopic (exact) mass is 236 g/mol. The maximum Gasteiger partial charge on any atom is 0.149 e. The average molecular weight is 237 g/mol. The third kappa shape index (κ3) is 2.35. The van der Waals surface area contributed by atoms with Crippen LogP contribution in [0.3, 0.4) is 0 Å². The minimum atomic E-state index is 0.0315. The van der Waals surface area contributed by atoms with E-state index in [1.54, 1.807) is 18.2 Å². The Kier molecular flexibility index (Phi) is 2.83. The van der Waals surface area contributed by atoms with Crippen LogP contribution in [-0.2, 0) is 0 Å². The number of hydrogen-bond acceptors (Lipinski definition) is 4. The van der Waals surface area contributed by atoms with E-state index in [2.05, 4.69) is 4.98 Å². The van der Waals surface area contributed by atoms with Crippen LogP contribution in [0.4, 0.5) is 5.69 Å². The largest absolute Gasteiger partial charge is 0.506 e. The summed E-state index contributed by atoms with van der Waals surface area (Å²) in [4.78, 5) is 3.78. The highest BCUT2D eigenvalue weighted by Gasteiger charge is 2.04. The Morgan fingerprint density at radius 2 is 2.06 bits per heavy atom. The average Bonchev–Trinajstić information content (AvgIpc) is 2.22. The number of nitrogen functional groups attached to an aromatic ring is 1. The van der Waals surface area contributed by atoms with Gasteiger partial charge < -0.3 is 15.6 Å². The van der Waals surface area contributed by atoms with E-state index in [0.29, 0.717) is 22.2 Å². The first-order valence-corrected chi connectivity index (χ1v) is 4.90. The molecule has 0 amide bonds. The van der Waals surface area contributed by atoms with Gasteiger partial charge in [0.25, 0.3) is 0 Å².